The molecule has 0 spiro atoms. The first kappa shape index (κ1) is 12.3. The fraction of sp³-hybridized carbons (Fsp3) is 0.500. The van der Waals surface area contributed by atoms with Crippen LogP contribution in [0.1, 0.15) is 29.6 Å². The van der Waals surface area contributed by atoms with Gasteiger partial charge in [-0.15, -0.1) is 0 Å². The minimum Gasteiger partial charge on any atom is -0.462 e. The molecule has 1 atom stereocenters. The highest BCUT2D eigenvalue weighted by atomic mass is 35.5. The summed E-state index contributed by atoms with van der Waals surface area (Å²) in [7, 11) is 0. The Morgan fingerprint density at radius 2 is 2.47 bits per heavy atom. The Bertz CT molecular complexity index is 374. The molecule has 2 heterocycles. The molecule has 0 N–H and O–H groups in total. The van der Waals surface area contributed by atoms with E-state index in [2.05, 4.69) is 4.98 Å². The number of ether oxygens (including phenoxy) is 2. The summed E-state index contributed by atoms with van der Waals surface area (Å²) in [6.07, 6.45) is 4.56. The van der Waals surface area contributed by atoms with Gasteiger partial charge in [0.2, 0.25) is 0 Å². The molecule has 0 bridgehead atoms. The lowest BCUT2D eigenvalue weighted by atomic mass is 10.2. The van der Waals surface area contributed by atoms with E-state index in [-0.39, 0.29) is 12.1 Å². The van der Waals surface area contributed by atoms with Gasteiger partial charge in [0.25, 0.3) is 0 Å². The summed E-state index contributed by atoms with van der Waals surface area (Å²) < 4.78 is 10.6. The average molecular weight is 256 g/mol. The maximum atomic E-state index is 11.6. The maximum absolute atomic E-state index is 11.6. The molecule has 4 nitrogen and oxygen atoms in total. The third-order valence-electron chi connectivity index (χ3n) is 2.66. The third-order valence-corrected chi connectivity index (χ3v) is 2.88. The van der Waals surface area contributed by atoms with Crippen LogP contribution in [-0.4, -0.2) is 30.3 Å². The average Bonchev–Trinajstić information content (AvgIpc) is 2.83. The summed E-state index contributed by atoms with van der Waals surface area (Å²) in [4.78, 5) is 15.4. The lowest BCUT2D eigenvalue weighted by Crippen LogP contribution is -2.13. The number of halogens is 1. The Balaban J connectivity index is 1.75. The quantitative estimate of drug-likeness (QED) is 0.613. The molecule has 92 valence electrons. The van der Waals surface area contributed by atoms with Crippen LogP contribution in [0.25, 0.3) is 0 Å². The SMILES string of the molecule is O=C(OCCC1CCCO1)c1ccc(Cl)nc1. The van der Waals surface area contributed by atoms with E-state index in [1.165, 1.54) is 6.20 Å². The number of aromatic nitrogens is 1. The predicted octanol–water partition coefficient (Wildman–Crippen LogP) is 2.46. The van der Waals surface area contributed by atoms with Gasteiger partial charge in [0.05, 0.1) is 18.3 Å². The Morgan fingerprint density at radius 3 is 3.12 bits per heavy atom. The second-order valence-electron chi connectivity index (χ2n) is 3.93. The van der Waals surface area contributed by atoms with E-state index in [1.54, 1.807) is 12.1 Å². The van der Waals surface area contributed by atoms with E-state index in [4.69, 9.17) is 21.1 Å². The molecule has 2 rings (SSSR count). The van der Waals surface area contributed by atoms with Crippen molar-refractivity contribution in [3.8, 4) is 0 Å². The fourth-order valence-electron chi connectivity index (χ4n) is 1.73. The van der Waals surface area contributed by atoms with E-state index in [0.29, 0.717) is 17.3 Å². The molecule has 1 aromatic heterocycles. The first-order valence-electron chi connectivity index (χ1n) is 5.66. The summed E-state index contributed by atoms with van der Waals surface area (Å²) in [5, 5.41) is 0.362. The molecule has 0 aliphatic carbocycles. The first-order chi connectivity index (χ1) is 8.25. The zero-order valence-electron chi connectivity index (χ0n) is 9.39. The summed E-state index contributed by atoms with van der Waals surface area (Å²) in [5.41, 5.74) is 0.418. The van der Waals surface area contributed by atoms with E-state index in [0.717, 1.165) is 25.9 Å². The highest BCUT2D eigenvalue weighted by Crippen LogP contribution is 2.15. The smallest absolute Gasteiger partial charge is 0.339 e. The van der Waals surface area contributed by atoms with Crippen molar-refractivity contribution in [1.82, 2.24) is 4.98 Å². The number of carbonyl (C=O) groups excluding carboxylic acids is 1. The van der Waals surface area contributed by atoms with Crippen molar-refractivity contribution in [3.05, 3.63) is 29.0 Å². The molecular formula is C12H14ClNO3. The van der Waals surface area contributed by atoms with Gasteiger partial charge in [-0.1, -0.05) is 11.6 Å². The van der Waals surface area contributed by atoms with Crippen molar-refractivity contribution >= 4 is 17.6 Å². The van der Waals surface area contributed by atoms with Crippen molar-refractivity contribution in [2.75, 3.05) is 13.2 Å². The molecule has 1 fully saturated rings. The minimum absolute atomic E-state index is 0.242. The van der Waals surface area contributed by atoms with Crippen molar-refractivity contribution in [1.29, 1.82) is 0 Å². The van der Waals surface area contributed by atoms with Gasteiger partial charge in [0.1, 0.15) is 5.15 Å². The summed E-state index contributed by atoms with van der Waals surface area (Å²) >= 11 is 5.63. The number of hydrogen-bond donors (Lipinski definition) is 0. The van der Waals surface area contributed by atoms with E-state index in [1.807, 2.05) is 0 Å². The maximum Gasteiger partial charge on any atom is 0.339 e. The summed E-state index contributed by atoms with van der Waals surface area (Å²) in [6, 6.07) is 3.17. The van der Waals surface area contributed by atoms with Crippen LogP contribution in [0.4, 0.5) is 0 Å². The number of rotatable bonds is 4. The first-order valence-corrected chi connectivity index (χ1v) is 6.04. The molecule has 1 aliphatic heterocycles. The van der Waals surface area contributed by atoms with Gasteiger partial charge in [0, 0.05) is 19.2 Å². The van der Waals surface area contributed by atoms with E-state index >= 15 is 0 Å². The minimum atomic E-state index is -0.368. The number of hydrogen-bond acceptors (Lipinski definition) is 4. The van der Waals surface area contributed by atoms with Crippen LogP contribution in [0.3, 0.4) is 0 Å². The highest BCUT2D eigenvalue weighted by Gasteiger charge is 2.16. The molecule has 0 saturated carbocycles. The number of esters is 1. The second kappa shape index (κ2) is 5.98. The molecular weight excluding hydrogens is 242 g/mol. The van der Waals surface area contributed by atoms with E-state index < -0.39 is 0 Å². The van der Waals surface area contributed by atoms with Crippen molar-refractivity contribution in [2.24, 2.45) is 0 Å². The second-order valence-corrected chi connectivity index (χ2v) is 4.32. The van der Waals surface area contributed by atoms with Gasteiger partial charge in [-0.05, 0) is 25.0 Å². The Morgan fingerprint density at radius 1 is 1.59 bits per heavy atom. The molecule has 17 heavy (non-hydrogen) atoms. The molecule has 0 amide bonds. The van der Waals surface area contributed by atoms with Crippen molar-refractivity contribution in [2.45, 2.75) is 25.4 Å². The van der Waals surface area contributed by atoms with Crippen molar-refractivity contribution < 1.29 is 14.3 Å². The molecule has 5 heteroatoms. The standard InChI is InChI=1S/C12H14ClNO3/c13-11-4-3-9(8-14-11)12(15)17-7-5-10-2-1-6-16-10/h3-4,8,10H,1-2,5-7H2. The van der Waals surface area contributed by atoms with Crippen LogP contribution >= 0.6 is 11.6 Å². The predicted molar refractivity (Wildman–Crippen MR) is 63.1 cm³/mol. The van der Waals surface area contributed by atoms with Crippen LogP contribution in [0.15, 0.2) is 18.3 Å². The number of nitrogens with zero attached hydrogens (tertiary/aromatic N) is 1. The fourth-order valence-corrected chi connectivity index (χ4v) is 1.85. The normalized spacial score (nSPS) is 19.2. The number of pyridine rings is 1. The summed E-state index contributed by atoms with van der Waals surface area (Å²) in [6.45, 7) is 1.20. The topological polar surface area (TPSA) is 48.4 Å². The van der Waals surface area contributed by atoms with Crippen LogP contribution < -0.4 is 0 Å². The van der Waals surface area contributed by atoms with Crippen LogP contribution in [0.5, 0.6) is 0 Å². The van der Waals surface area contributed by atoms with Gasteiger partial charge in [0.15, 0.2) is 0 Å². The van der Waals surface area contributed by atoms with Crippen LogP contribution in [-0.2, 0) is 9.47 Å². The van der Waals surface area contributed by atoms with Crippen molar-refractivity contribution in [3.63, 3.8) is 0 Å². The zero-order valence-corrected chi connectivity index (χ0v) is 10.2. The Hall–Kier alpha value is -1.13. The Labute approximate surface area is 105 Å². The summed E-state index contributed by atoms with van der Waals surface area (Å²) in [5.74, 6) is -0.368. The Kier molecular flexibility index (Phi) is 4.34. The lowest BCUT2D eigenvalue weighted by Gasteiger charge is -2.09. The van der Waals surface area contributed by atoms with Crippen LogP contribution in [0, 0.1) is 0 Å². The van der Waals surface area contributed by atoms with Gasteiger partial charge in [-0.3, -0.25) is 0 Å². The zero-order chi connectivity index (χ0) is 12.1. The molecule has 1 saturated heterocycles. The van der Waals surface area contributed by atoms with Gasteiger partial charge in [-0.2, -0.15) is 0 Å². The largest absolute Gasteiger partial charge is 0.462 e. The molecule has 1 aliphatic rings. The van der Waals surface area contributed by atoms with Gasteiger partial charge < -0.3 is 9.47 Å². The van der Waals surface area contributed by atoms with Crippen LogP contribution in [0.2, 0.25) is 5.15 Å². The monoisotopic (exact) mass is 255 g/mol. The molecule has 0 radical (unpaired) electrons. The van der Waals surface area contributed by atoms with Gasteiger partial charge in [-0.25, -0.2) is 9.78 Å². The highest BCUT2D eigenvalue weighted by molar-refractivity contribution is 6.29. The molecule has 1 aromatic rings. The molecule has 0 aromatic carbocycles. The lowest BCUT2D eigenvalue weighted by molar-refractivity contribution is 0.0385. The van der Waals surface area contributed by atoms with Gasteiger partial charge >= 0.3 is 5.97 Å². The third kappa shape index (κ3) is 3.68. The van der Waals surface area contributed by atoms with E-state index in [9.17, 15) is 4.79 Å². The molecule has 1 unspecified atom stereocenters. The number of carbonyl (C=O) groups is 1.